The number of aromatic nitrogens is 2. The van der Waals surface area contributed by atoms with Gasteiger partial charge >= 0.3 is 5.97 Å². The molecule has 2 heterocycles. The van der Waals surface area contributed by atoms with Crippen LogP contribution < -0.4 is 11.3 Å². The lowest BCUT2D eigenvalue weighted by Crippen LogP contribution is -2.22. The summed E-state index contributed by atoms with van der Waals surface area (Å²) >= 11 is 0. The summed E-state index contributed by atoms with van der Waals surface area (Å²) < 4.78 is 6.56. The number of hydrogen-bond donors (Lipinski definition) is 1. The lowest BCUT2D eigenvalue weighted by atomic mass is 10.0. The van der Waals surface area contributed by atoms with E-state index < -0.39 is 5.97 Å². The Morgan fingerprint density at radius 2 is 2.09 bits per heavy atom. The van der Waals surface area contributed by atoms with Gasteiger partial charge in [0.05, 0.1) is 13.2 Å². The Morgan fingerprint density at radius 1 is 1.36 bits per heavy atom. The van der Waals surface area contributed by atoms with Crippen LogP contribution in [0.1, 0.15) is 18.3 Å². The summed E-state index contributed by atoms with van der Waals surface area (Å²) in [7, 11) is 0. The molecule has 1 aliphatic rings. The Labute approximate surface area is 126 Å². The number of allylic oxidation sites excluding steroid dienone is 1. The zero-order valence-electron chi connectivity index (χ0n) is 12.1. The van der Waals surface area contributed by atoms with Crippen LogP contribution in [0.3, 0.4) is 0 Å². The number of rotatable bonds is 3. The van der Waals surface area contributed by atoms with Gasteiger partial charge in [-0.05, 0) is 18.1 Å². The highest BCUT2D eigenvalue weighted by Gasteiger charge is 2.31. The highest BCUT2D eigenvalue weighted by molar-refractivity contribution is 6.24. The van der Waals surface area contributed by atoms with Crippen molar-refractivity contribution in [2.75, 3.05) is 12.3 Å². The normalized spacial score (nSPS) is 13.1. The van der Waals surface area contributed by atoms with Gasteiger partial charge < -0.3 is 10.5 Å². The van der Waals surface area contributed by atoms with E-state index >= 15 is 0 Å². The summed E-state index contributed by atoms with van der Waals surface area (Å²) in [6.45, 7) is 2.26. The molecule has 0 saturated heterocycles. The number of nitrogen functional groups attached to an aromatic ring is 1. The van der Waals surface area contributed by atoms with E-state index in [4.69, 9.17) is 10.5 Å². The molecule has 6 heteroatoms. The van der Waals surface area contributed by atoms with Gasteiger partial charge in [-0.25, -0.2) is 9.78 Å². The first-order valence-electron chi connectivity index (χ1n) is 6.95. The molecular formula is C16H15N3O3. The summed E-state index contributed by atoms with van der Waals surface area (Å²) in [4.78, 5) is 28.6. The first kappa shape index (κ1) is 14.1. The van der Waals surface area contributed by atoms with Gasteiger partial charge in [0.15, 0.2) is 5.82 Å². The quantitative estimate of drug-likeness (QED) is 0.863. The molecule has 22 heavy (non-hydrogen) atoms. The Morgan fingerprint density at radius 3 is 2.77 bits per heavy atom. The maximum Gasteiger partial charge on any atom is 0.342 e. The molecule has 0 spiro atoms. The highest BCUT2D eigenvalue weighted by atomic mass is 16.5. The summed E-state index contributed by atoms with van der Waals surface area (Å²) in [5, 5.41) is 0. The molecule has 2 aromatic rings. The number of esters is 1. The van der Waals surface area contributed by atoms with Gasteiger partial charge in [0, 0.05) is 6.07 Å². The molecule has 112 valence electrons. The molecule has 1 aromatic heterocycles. The van der Waals surface area contributed by atoms with Gasteiger partial charge in [0.2, 0.25) is 0 Å². The van der Waals surface area contributed by atoms with Crippen molar-refractivity contribution in [1.82, 2.24) is 9.55 Å². The molecule has 6 nitrogen and oxygen atoms in total. The molecular weight excluding hydrogens is 282 g/mol. The number of nitrogens with two attached hydrogens (primary N) is 1. The standard InChI is InChI=1S/C16H15N3O3/c1-2-22-16(21)14-11(10-6-4-3-5-7-10)9-19-13(20)8-12(17)18-15(14)19/h3-8H,2,9,17H2,1H3. The summed E-state index contributed by atoms with van der Waals surface area (Å²) in [5.74, 6) is -0.139. The number of carbonyl (C=O) groups excluding carboxylic acids is 1. The first-order chi connectivity index (χ1) is 10.6. The van der Waals surface area contributed by atoms with Crippen LogP contribution in [0.15, 0.2) is 41.2 Å². The smallest absolute Gasteiger partial charge is 0.342 e. The minimum absolute atomic E-state index is 0.0901. The molecule has 1 aliphatic heterocycles. The Balaban J connectivity index is 2.22. The van der Waals surface area contributed by atoms with E-state index in [1.165, 1.54) is 10.6 Å². The SMILES string of the molecule is CCOC(=O)C1=C(c2ccccc2)Cn2c1nc(N)cc2=O. The van der Waals surface area contributed by atoms with Gasteiger partial charge in [-0.1, -0.05) is 30.3 Å². The maximum absolute atomic E-state index is 12.3. The Bertz CT molecular complexity index is 822. The molecule has 2 N–H and O–H groups in total. The average Bonchev–Trinajstić information content (AvgIpc) is 2.88. The van der Waals surface area contributed by atoms with E-state index in [0.29, 0.717) is 11.1 Å². The number of anilines is 1. The number of nitrogens with zero attached hydrogens (tertiary/aromatic N) is 2. The summed E-state index contributed by atoms with van der Waals surface area (Å²) in [5.41, 5.74) is 7.25. The zero-order chi connectivity index (χ0) is 15.7. The molecule has 0 amide bonds. The fourth-order valence-electron chi connectivity index (χ4n) is 2.53. The number of ether oxygens (including phenoxy) is 1. The lowest BCUT2D eigenvalue weighted by molar-refractivity contribution is -0.136. The second kappa shape index (κ2) is 5.48. The van der Waals surface area contributed by atoms with Gasteiger partial charge in [-0.3, -0.25) is 9.36 Å². The molecule has 0 aliphatic carbocycles. The lowest BCUT2D eigenvalue weighted by Gasteiger charge is -2.06. The third kappa shape index (κ3) is 2.28. The van der Waals surface area contributed by atoms with Crippen molar-refractivity contribution >= 4 is 22.9 Å². The average molecular weight is 297 g/mol. The maximum atomic E-state index is 12.3. The van der Waals surface area contributed by atoms with Crippen molar-refractivity contribution in [2.24, 2.45) is 0 Å². The minimum atomic E-state index is -0.495. The monoisotopic (exact) mass is 297 g/mol. The van der Waals surface area contributed by atoms with Crippen molar-refractivity contribution in [3.05, 3.63) is 58.1 Å². The van der Waals surface area contributed by atoms with Crippen LogP contribution in [0.4, 0.5) is 5.82 Å². The van der Waals surface area contributed by atoms with E-state index in [9.17, 15) is 9.59 Å². The van der Waals surface area contributed by atoms with Gasteiger partial charge in [0.25, 0.3) is 5.56 Å². The molecule has 1 aromatic carbocycles. The van der Waals surface area contributed by atoms with Crippen LogP contribution in [0, 0.1) is 0 Å². The van der Waals surface area contributed by atoms with Crippen LogP contribution in [-0.2, 0) is 16.1 Å². The number of benzene rings is 1. The molecule has 0 saturated carbocycles. The van der Waals surface area contributed by atoms with E-state index in [1.807, 2.05) is 30.3 Å². The largest absolute Gasteiger partial charge is 0.462 e. The van der Waals surface area contributed by atoms with Crippen molar-refractivity contribution < 1.29 is 9.53 Å². The zero-order valence-corrected chi connectivity index (χ0v) is 12.1. The second-order valence-corrected chi connectivity index (χ2v) is 4.87. The van der Waals surface area contributed by atoms with E-state index in [2.05, 4.69) is 4.98 Å². The third-order valence-electron chi connectivity index (χ3n) is 3.47. The van der Waals surface area contributed by atoms with Crippen LogP contribution in [0.25, 0.3) is 11.1 Å². The molecule has 0 radical (unpaired) electrons. The topological polar surface area (TPSA) is 87.2 Å². The van der Waals surface area contributed by atoms with Crippen LogP contribution in [-0.4, -0.2) is 22.1 Å². The first-order valence-corrected chi connectivity index (χ1v) is 6.95. The highest BCUT2D eigenvalue weighted by Crippen LogP contribution is 2.33. The van der Waals surface area contributed by atoms with Crippen molar-refractivity contribution in [1.29, 1.82) is 0 Å². The van der Waals surface area contributed by atoms with E-state index in [1.54, 1.807) is 6.92 Å². The number of fused-ring (bicyclic) bond motifs is 1. The molecule has 3 rings (SSSR count). The molecule has 0 atom stereocenters. The van der Waals surface area contributed by atoms with Gasteiger partial charge in [-0.2, -0.15) is 0 Å². The Hall–Kier alpha value is -2.89. The molecule has 0 unspecified atom stereocenters. The predicted molar refractivity (Wildman–Crippen MR) is 82.8 cm³/mol. The molecule has 0 fully saturated rings. The fourth-order valence-corrected chi connectivity index (χ4v) is 2.53. The van der Waals surface area contributed by atoms with Crippen molar-refractivity contribution in [2.45, 2.75) is 13.5 Å². The van der Waals surface area contributed by atoms with E-state index in [-0.39, 0.29) is 30.4 Å². The summed E-state index contributed by atoms with van der Waals surface area (Å²) in [6.07, 6.45) is 0. The van der Waals surface area contributed by atoms with Crippen LogP contribution in [0.5, 0.6) is 0 Å². The number of hydrogen-bond acceptors (Lipinski definition) is 5. The van der Waals surface area contributed by atoms with Crippen molar-refractivity contribution in [3.63, 3.8) is 0 Å². The van der Waals surface area contributed by atoms with Gasteiger partial charge in [-0.15, -0.1) is 0 Å². The minimum Gasteiger partial charge on any atom is -0.462 e. The van der Waals surface area contributed by atoms with Crippen molar-refractivity contribution in [3.8, 4) is 0 Å². The predicted octanol–water partition coefficient (Wildman–Crippen LogP) is 1.31. The van der Waals surface area contributed by atoms with Crippen LogP contribution in [0.2, 0.25) is 0 Å². The second-order valence-electron chi connectivity index (χ2n) is 4.87. The summed E-state index contributed by atoms with van der Waals surface area (Å²) in [6, 6.07) is 10.7. The van der Waals surface area contributed by atoms with E-state index in [0.717, 1.165) is 5.56 Å². The van der Waals surface area contributed by atoms with Crippen LogP contribution >= 0.6 is 0 Å². The fraction of sp³-hybridized carbons (Fsp3) is 0.188. The number of carbonyl (C=O) groups is 1. The van der Waals surface area contributed by atoms with Gasteiger partial charge in [0.1, 0.15) is 11.4 Å². The Kier molecular flexibility index (Phi) is 3.50. The third-order valence-corrected chi connectivity index (χ3v) is 3.47. The molecule has 0 bridgehead atoms.